The minimum Gasteiger partial charge on any atom is -0.394 e. The number of rotatable bonds is 29. The maximum atomic E-state index is 12.8. The molecule has 1 saturated heterocycles. The van der Waals surface area contributed by atoms with Crippen LogP contribution in [0, 0.1) is 0 Å². The Morgan fingerprint density at radius 1 is 0.733 bits per heavy atom. The molecule has 0 saturated carbocycles. The third-order valence-electron chi connectivity index (χ3n) is 8.86. The summed E-state index contributed by atoms with van der Waals surface area (Å²) in [5, 5.41) is 53.7. The van der Waals surface area contributed by atoms with E-state index >= 15 is 0 Å². The Kier molecular flexibility index (Phi) is 26.1. The second-order valence-corrected chi connectivity index (χ2v) is 13.0. The van der Waals surface area contributed by atoms with Gasteiger partial charge in [-0.1, -0.05) is 142 Å². The molecule has 6 N–H and O–H groups in total. The molecule has 2 unspecified atom stereocenters. The van der Waals surface area contributed by atoms with Gasteiger partial charge in [0, 0.05) is 6.42 Å². The zero-order valence-corrected chi connectivity index (χ0v) is 28.6. The first kappa shape index (κ1) is 42.0. The third-order valence-corrected chi connectivity index (χ3v) is 8.86. The highest BCUT2D eigenvalue weighted by Gasteiger charge is 2.44. The Labute approximate surface area is 274 Å². The van der Waals surface area contributed by atoms with Crippen molar-refractivity contribution in [1.82, 2.24) is 5.32 Å². The van der Waals surface area contributed by atoms with E-state index < -0.39 is 49.5 Å². The topological polar surface area (TPSA) is 149 Å². The molecule has 266 valence electrons. The van der Waals surface area contributed by atoms with Gasteiger partial charge >= 0.3 is 0 Å². The first-order chi connectivity index (χ1) is 21.8. The number of carbonyl (C=O) groups is 1. The fourth-order valence-corrected chi connectivity index (χ4v) is 5.80. The molecular weight excluding hydrogens is 574 g/mol. The lowest BCUT2D eigenvalue weighted by Crippen LogP contribution is -2.60. The van der Waals surface area contributed by atoms with E-state index in [1.807, 2.05) is 6.08 Å². The van der Waals surface area contributed by atoms with E-state index in [9.17, 15) is 30.3 Å². The third kappa shape index (κ3) is 20.0. The van der Waals surface area contributed by atoms with Crippen molar-refractivity contribution < 1.29 is 39.8 Å². The molecule has 9 nitrogen and oxygen atoms in total. The van der Waals surface area contributed by atoms with Crippen LogP contribution in [0.25, 0.3) is 0 Å². The van der Waals surface area contributed by atoms with Gasteiger partial charge in [0.1, 0.15) is 24.4 Å². The highest BCUT2D eigenvalue weighted by atomic mass is 16.7. The van der Waals surface area contributed by atoms with E-state index in [2.05, 4.69) is 19.2 Å². The van der Waals surface area contributed by atoms with Gasteiger partial charge in [0.15, 0.2) is 6.29 Å². The van der Waals surface area contributed by atoms with Crippen LogP contribution in [0.4, 0.5) is 0 Å². The number of nitrogens with one attached hydrogen (secondary N) is 1. The van der Waals surface area contributed by atoms with Gasteiger partial charge in [-0.2, -0.15) is 0 Å². The molecule has 0 aromatic carbocycles. The SMILES string of the molecule is CCCCCCCCCCCC/C=C/[C@@H](O)[C@H](CO[C@@H]1O[C@H](CO)[C@H](O)C(O)C1O)NC(=O)CCCCCCCCCCCC. The molecule has 0 aliphatic carbocycles. The van der Waals surface area contributed by atoms with Crippen molar-refractivity contribution in [3.63, 3.8) is 0 Å². The molecule has 1 amide bonds. The van der Waals surface area contributed by atoms with E-state index in [1.54, 1.807) is 6.08 Å². The van der Waals surface area contributed by atoms with Gasteiger partial charge in [-0.15, -0.1) is 0 Å². The van der Waals surface area contributed by atoms with Gasteiger partial charge in [-0.25, -0.2) is 0 Å². The van der Waals surface area contributed by atoms with Gasteiger partial charge in [0.25, 0.3) is 0 Å². The average Bonchev–Trinajstić information content (AvgIpc) is 3.04. The quantitative estimate of drug-likeness (QED) is 0.0441. The smallest absolute Gasteiger partial charge is 0.220 e. The van der Waals surface area contributed by atoms with Crippen molar-refractivity contribution in [3.05, 3.63) is 12.2 Å². The van der Waals surface area contributed by atoms with E-state index in [0.29, 0.717) is 6.42 Å². The summed E-state index contributed by atoms with van der Waals surface area (Å²) in [5.74, 6) is -0.181. The first-order valence-corrected chi connectivity index (χ1v) is 18.4. The molecule has 1 fully saturated rings. The predicted molar refractivity (Wildman–Crippen MR) is 180 cm³/mol. The Morgan fingerprint density at radius 3 is 1.73 bits per heavy atom. The molecule has 1 rings (SSSR count). The number of allylic oxidation sites excluding steroid dienone is 1. The van der Waals surface area contributed by atoms with Crippen molar-refractivity contribution in [2.45, 2.75) is 198 Å². The number of carbonyl (C=O) groups excluding carboxylic acids is 1. The highest BCUT2D eigenvalue weighted by Crippen LogP contribution is 2.22. The van der Waals surface area contributed by atoms with Gasteiger partial charge in [0.05, 0.1) is 25.4 Å². The number of unbranched alkanes of at least 4 members (excludes halogenated alkanes) is 19. The van der Waals surface area contributed by atoms with Crippen LogP contribution in [-0.4, -0.2) is 87.5 Å². The van der Waals surface area contributed by atoms with Crippen molar-refractivity contribution >= 4 is 5.91 Å². The second-order valence-electron chi connectivity index (χ2n) is 13.0. The molecule has 7 atom stereocenters. The van der Waals surface area contributed by atoms with E-state index in [-0.39, 0.29) is 12.5 Å². The van der Waals surface area contributed by atoms with Crippen LogP contribution in [0.1, 0.15) is 155 Å². The van der Waals surface area contributed by atoms with Gasteiger partial charge in [-0.05, 0) is 19.3 Å². The molecule has 0 radical (unpaired) electrons. The molecule has 9 heteroatoms. The molecule has 0 aromatic heterocycles. The maximum Gasteiger partial charge on any atom is 0.220 e. The molecule has 1 heterocycles. The van der Waals surface area contributed by atoms with Crippen molar-refractivity contribution in [3.8, 4) is 0 Å². The summed E-state index contributed by atoms with van der Waals surface area (Å²) >= 11 is 0. The summed E-state index contributed by atoms with van der Waals surface area (Å²) in [6.45, 7) is 3.72. The molecule has 45 heavy (non-hydrogen) atoms. The van der Waals surface area contributed by atoms with Crippen molar-refractivity contribution in [2.24, 2.45) is 0 Å². The Bertz CT molecular complexity index is 721. The summed E-state index contributed by atoms with van der Waals surface area (Å²) < 4.78 is 11.1. The fourth-order valence-electron chi connectivity index (χ4n) is 5.80. The molecule has 0 spiro atoms. The first-order valence-electron chi connectivity index (χ1n) is 18.4. The van der Waals surface area contributed by atoms with Gasteiger partial charge < -0.3 is 40.3 Å². The second kappa shape index (κ2) is 28.0. The van der Waals surface area contributed by atoms with Crippen LogP contribution < -0.4 is 5.32 Å². The number of aliphatic hydroxyl groups is 5. The average molecular weight is 644 g/mol. The number of aliphatic hydroxyl groups excluding tert-OH is 5. The lowest BCUT2D eigenvalue weighted by molar-refractivity contribution is -0.302. The van der Waals surface area contributed by atoms with Crippen LogP contribution in [0.2, 0.25) is 0 Å². The van der Waals surface area contributed by atoms with Crippen LogP contribution >= 0.6 is 0 Å². The minimum absolute atomic E-state index is 0.181. The Hall–Kier alpha value is -1.07. The zero-order valence-electron chi connectivity index (χ0n) is 28.6. The molecule has 0 bridgehead atoms. The summed E-state index contributed by atoms with van der Waals surface area (Å²) in [6, 6.07) is -0.794. The maximum absolute atomic E-state index is 12.8. The van der Waals surface area contributed by atoms with Crippen molar-refractivity contribution in [2.75, 3.05) is 13.2 Å². The van der Waals surface area contributed by atoms with E-state index in [1.165, 1.54) is 96.3 Å². The monoisotopic (exact) mass is 644 g/mol. The van der Waals surface area contributed by atoms with E-state index in [0.717, 1.165) is 38.5 Å². The van der Waals surface area contributed by atoms with Crippen LogP contribution in [0.5, 0.6) is 0 Å². The van der Waals surface area contributed by atoms with Gasteiger partial charge in [-0.3, -0.25) is 4.79 Å². The summed E-state index contributed by atoms with van der Waals surface area (Å²) in [5.41, 5.74) is 0. The molecule has 0 aromatic rings. The lowest BCUT2D eigenvalue weighted by Gasteiger charge is -2.40. The zero-order chi connectivity index (χ0) is 33.1. The Morgan fingerprint density at radius 2 is 1.22 bits per heavy atom. The standard InChI is InChI=1S/C36H69NO8/c1-3-5-7-9-11-13-15-16-17-19-21-23-25-30(39)29(28-44-36-35(43)34(42)33(41)31(27-38)45-36)37-32(40)26-24-22-20-18-14-12-10-8-6-4-2/h23,25,29-31,33-36,38-39,41-43H,3-22,24,26-28H2,1-2H3,(H,37,40)/b25-23+/t29-,30+,31+,33-,34?,35?,36+/m0/s1. The highest BCUT2D eigenvalue weighted by molar-refractivity contribution is 5.76. The summed E-state index contributed by atoms with van der Waals surface area (Å²) in [7, 11) is 0. The normalized spacial score (nSPS) is 23.4. The minimum atomic E-state index is -1.56. The lowest BCUT2D eigenvalue weighted by atomic mass is 9.99. The molecular formula is C36H69NO8. The van der Waals surface area contributed by atoms with Crippen LogP contribution in [0.15, 0.2) is 12.2 Å². The largest absolute Gasteiger partial charge is 0.394 e. The van der Waals surface area contributed by atoms with Gasteiger partial charge in [0.2, 0.25) is 5.91 Å². The van der Waals surface area contributed by atoms with E-state index in [4.69, 9.17) is 9.47 Å². The molecule has 1 aliphatic rings. The predicted octanol–water partition coefficient (Wildman–Crippen LogP) is 5.83. The number of ether oxygens (including phenoxy) is 2. The van der Waals surface area contributed by atoms with Crippen LogP contribution in [0.3, 0.4) is 0 Å². The Balaban J connectivity index is 2.49. The fraction of sp³-hybridized carbons (Fsp3) is 0.917. The summed E-state index contributed by atoms with van der Waals surface area (Å²) in [6.07, 6.45) is 21.1. The van der Waals surface area contributed by atoms with Crippen LogP contribution in [-0.2, 0) is 14.3 Å². The summed E-state index contributed by atoms with van der Waals surface area (Å²) in [4.78, 5) is 12.8. The number of amides is 1. The number of hydrogen-bond acceptors (Lipinski definition) is 8. The number of hydrogen-bond donors (Lipinski definition) is 6. The molecule has 1 aliphatic heterocycles. The van der Waals surface area contributed by atoms with Crippen molar-refractivity contribution in [1.29, 1.82) is 0 Å².